The van der Waals surface area contributed by atoms with E-state index in [1.165, 1.54) is 12.5 Å². The van der Waals surface area contributed by atoms with Crippen LogP contribution in [0.15, 0.2) is 79.4 Å². The second-order valence-electron chi connectivity index (χ2n) is 10.4. The topological polar surface area (TPSA) is 99.3 Å². The van der Waals surface area contributed by atoms with E-state index in [4.69, 9.17) is 0 Å². The van der Waals surface area contributed by atoms with Gasteiger partial charge in [-0.05, 0) is 48.7 Å². The number of carbonyl (C=O) groups excluding carboxylic acids is 1. The van der Waals surface area contributed by atoms with Gasteiger partial charge in [0.25, 0.3) is 0 Å². The number of pyridine rings is 2. The van der Waals surface area contributed by atoms with E-state index >= 15 is 0 Å². The lowest BCUT2D eigenvalue weighted by molar-refractivity contribution is -0.120. The van der Waals surface area contributed by atoms with Crippen LogP contribution in [-0.4, -0.2) is 31.1 Å². The summed E-state index contributed by atoms with van der Waals surface area (Å²) in [6, 6.07) is 16.7. The van der Waals surface area contributed by atoms with E-state index in [1.54, 1.807) is 36.9 Å². The average molecular weight is 531 g/mol. The van der Waals surface area contributed by atoms with Crippen molar-refractivity contribution in [3.8, 4) is 33.6 Å². The molecule has 0 radical (unpaired) electrons. The number of nitrogens with one attached hydrogen (secondary N) is 3. The number of carbonyl (C=O) groups is 1. The van der Waals surface area contributed by atoms with E-state index in [-0.39, 0.29) is 17.6 Å². The van der Waals surface area contributed by atoms with Crippen LogP contribution in [0.3, 0.4) is 0 Å². The number of rotatable bonds is 5. The first-order chi connectivity index (χ1) is 19.6. The summed E-state index contributed by atoms with van der Waals surface area (Å²) in [5, 5.41) is 12.6. The SMILES string of the molecule is O=C(Nc1cncc(-c2ccc3[nH]nc(-c4cc5c(-c6ccccc6F)cncc5[nH]4)c3c2)c1)C1CCCCC1. The van der Waals surface area contributed by atoms with Crippen LogP contribution in [0.4, 0.5) is 10.1 Å². The smallest absolute Gasteiger partial charge is 0.227 e. The van der Waals surface area contributed by atoms with Crippen molar-refractivity contribution in [2.24, 2.45) is 5.92 Å². The second-order valence-corrected chi connectivity index (χ2v) is 10.4. The van der Waals surface area contributed by atoms with Crippen molar-refractivity contribution in [1.29, 1.82) is 0 Å². The van der Waals surface area contributed by atoms with E-state index in [0.29, 0.717) is 11.3 Å². The number of aromatic amines is 2. The zero-order valence-corrected chi connectivity index (χ0v) is 21.7. The number of fused-ring (bicyclic) bond motifs is 2. The van der Waals surface area contributed by atoms with Crippen molar-refractivity contribution >= 4 is 33.4 Å². The molecular formula is C32H27FN6O. The van der Waals surface area contributed by atoms with Gasteiger partial charge in [0.1, 0.15) is 11.5 Å². The number of halogens is 1. The maximum absolute atomic E-state index is 14.6. The molecule has 1 fully saturated rings. The Kier molecular flexibility index (Phi) is 6.07. The molecule has 1 saturated carbocycles. The molecule has 0 bridgehead atoms. The summed E-state index contributed by atoms with van der Waals surface area (Å²) in [7, 11) is 0. The van der Waals surface area contributed by atoms with E-state index in [1.807, 2.05) is 30.3 Å². The predicted molar refractivity (Wildman–Crippen MR) is 155 cm³/mol. The van der Waals surface area contributed by atoms with Gasteiger partial charge >= 0.3 is 0 Å². The molecule has 7 nitrogen and oxygen atoms in total. The Bertz CT molecular complexity index is 1870. The Balaban J connectivity index is 1.23. The normalized spacial score (nSPS) is 14.1. The highest BCUT2D eigenvalue weighted by Crippen LogP contribution is 2.36. The Labute approximate surface area is 229 Å². The Hall–Kier alpha value is -4.85. The molecule has 6 aromatic rings. The molecule has 7 rings (SSSR count). The van der Waals surface area contributed by atoms with Crippen LogP contribution >= 0.6 is 0 Å². The fourth-order valence-electron chi connectivity index (χ4n) is 5.75. The molecular weight excluding hydrogens is 503 g/mol. The van der Waals surface area contributed by atoms with Gasteiger partial charge in [-0.3, -0.25) is 19.9 Å². The molecule has 1 amide bonds. The quantitative estimate of drug-likeness (QED) is 0.215. The lowest BCUT2D eigenvalue weighted by Crippen LogP contribution is -2.24. The Morgan fingerprint density at radius 3 is 2.55 bits per heavy atom. The largest absolute Gasteiger partial charge is 0.352 e. The maximum Gasteiger partial charge on any atom is 0.227 e. The highest BCUT2D eigenvalue weighted by atomic mass is 19.1. The zero-order valence-electron chi connectivity index (χ0n) is 21.7. The molecule has 4 aromatic heterocycles. The molecule has 1 aliphatic rings. The van der Waals surface area contributed by atoms with Gasteiger partial charge in [0.05, 0.1) is 34.8 Å². The predicted octanol–water partition coefficient (Wildman–Crippen LogP) is 7.49. The minimum Gasteiger partial charge on any atom is -0.352 e. The molecule has 198 valence electrons. The first-order valence-corrected chi connectivity index (χ1v) is 13.6. The maximum atomic E-state index is 14.6. The molecule has 40 heavy (non-hydrogen) atoms. The summed E-state index contributed by atoms with van der Waals surface area (Å²) < 4.78 is 14.6. The van der Waals surface area contributed by atoms with E-state index in [9.17, 15) is 9.18 Å². The van der Waals surface area contributed by atoms with Crippen molar-refractivity contribution < 1.29 is 9.18 Å². The summed E-state index contributed by atoms with van der Waals surface area (Å²) in [6.45, 7) is 0. The summed E-state index contributed by atoms with van der Waals surface area (Å²) >= 11 is 0. The summed E-state index contributed by atoms with van der Waals surface area (Å²) in [5.74, 6) is -0.137. The van der Waals surface area contributed by atoms with Crippen molar-refractivity contribution in [1.82, 2.24) is 25.1 Å². The first-order valence-electron chi connectivity index (χ1n) is 13.6. The number of anilines is 1. The van der Waals surface area contributed by atoms with Crippen LogP contribution in [0.5, 0.6) is 0 Å². The van der Waals surface area contributed by atoms with Crippen LogP contribution < -0.4 is 5.32 Å². The third kappa shape index (κ3) is 4.41. The van der Waals surface area contributed by atoms with Gasteiger partial charge in [0, 0.05) is 45.8 Å². The lowest BCUT2D eigenvalue weighted by atomic mass is 9.88. The van der Waals surface area contributed by atoms with Crippen LogP contribution in [0.2, 0.25) is 0 Å². The third-order valence-electron chi connectivity index (χ3n) is 7.84. The van der Waals surface area contributed by atoms with Crippen molar-refractivity contribution in [2.45, 2.75) is 32.1 Å². The highest BCUT2D eigenvalue weighted by molar-refractivity contribution is 6.01. The van der Waals surface area contributed by atoms with E-state index in [2.05, 4.69) is 36.5 Å². The van der Waals surface area contributed by atoms with Gasteiger partial charge in [0.15, 0.2) is 0 Å². The number of amides is 1. The molecule has 3 N–H and O–H groups in total. The standard InChI is InChI=1S/C32H27FN6O/c33-27-9-5-4-8-23(27)26-17-35-18-30-24(26)14-29(37-30)31-25-13-20(10-11-28(25)38-39-31)21-12-22(16-34-15-21)36-32(40)19-6-2-1-3-7-19/h4-5,8-19,37H,1-3,6-7H2,(H,36,40)(H,38,39). The number of H-pyrrole nitrogens is 2. The van der Waals surface area contributed by atoms with Gasteiger partial charge in [-0.25, -0.2) is 4.39 Å². The second kappa shape index (κ2) is 10.0. The van der Waals surface area contributed by atoms with Gasteiger partial charge < -0.3 is 10.3 Å². The minimum atomic E-state index is -0.291. The van der Waals surface area contributed by atoms with Crippen LogP contribution in [0.1, 0.15) is 32.1 Å². The molecule has 1 aliphatic carbocycles. The van der Waals surface area contributed by atoms with Gasteiger partial charge in [-0.15, -0.1) is 0 Å². The fourth-order valence-corrected chi connectivity index (χ4v) is 5.75. The van der Waals surface area contributed by atoms with Crippen LogP contribution in [0.25, 0.3) is 55.4 Å². The number of benzene rings is 2. The third-order valence-corrected chi connectivity index (χ3v) is 7.84. The summed E-state index contributed by atoms with van der Waals surface area (Å²) in [6.07, 6.45) is 12.2. The molecule has 8 heteroatoms. The monoisotopic (exact) mass is 530 g/mol. The van der Waals surface area contributed by atoms with Gasteiger partial charge in [0.2, 0.25) is 5.91 Å². The fraction of sp³-hybridized carbons (Fsp3) is 0.188. The summed E-state index contributed by atoms with van der Waals surface area (Å²) in [5.41, 5.74) is 7.02. The molecule has 0 aliphatic heterocycles. The highest BCUT2D eigenvalue weighted by Gasteiger charge is 2.21. The van der Waals surface area contributed by atoms with E-state index < -0.39 is 0 Å². The van der Waals surface area contributed by atoms with Crippen LogP contribution in [0, 0.1) is 11.7 Å². The van der Waals surface area contributed by atoms with Gasteiger partial charge in [-0.2, -0.15) is 5.10 Å². The van der Waals surface area contributed by atoms with E-state index in [0.717, 1.165) is 75.6 Å². The van der Waals surface area contributed by atoms with Gasteiger partial charge in [-0.1, -0.05) is 43.5 Å². The van der Waals surface area contributed by atoms with Crippen molar-refractivity contribution in [3.63, 3.8) is 0 Å². The molecule has 2 aromatic carbocycles. The zero-order chi connectivity index (χ0) is 27.1. The molecule has 0 saturated heterocycles. The number of hydrogen-bond acceptors (Lipinski definition) is 4. The Morgan fingerprint density at radius 1 is 0.825 bits per heavy atom. The van der Waals surface area contributed by atoms with Crippen molar-refractivity contribution in [2.75, 3.05) is 5.32 Å². The number of aromatic nitrogens is 5. The number of nitrogens with zero attached hydrogens (tertiary/aromatic N) is 3. The molecule has 0 unspecified atom stereocenters. The Morgan fingerprint density at radius 2 is 1.68 bits per heavy atom. The van der Waals surface area contributed by atoms with Crippen molar-refractivity contribution in [3.05, 3.63) is 85.2 Å². The average Bonchev–Trinajstić information content (AvgIpc) is 3.62. The van der Waals surface area contributed by atoms with Crippen LogP contribution in [-0.2, 0) is 4.79 Å². The molecule has 4 heterocycles. The first kappa shape index (κ1) is 24.2. The molecule has 0 atom stereocenters. The molecule has 0 spiro atoms. The lowest BCUT2D eigenvalue weighted by Gasteiger charge is -2.20. The minimum absolute atomic E-state index is 0.0765. The number of hydrogen-bond donors (Lipinski definition) is 3. The summed E-state index contributed by atoms with van der Waals surface area (Å²) in [4.78, 5) is 24.9.